The van der Waals surface area contributed by atoms with Crippen molar-refractivity contribution in [2.75, 3.05) is 26.2 Å². The lowest BCUT2D eigenvalue weighted by molar-refractivity contribution is -0.141. The molecule has 0 spiro atoms. The number of carbonyl (C=O) groups is 1. The van der Waals surface area contributed by atoms with Gasteiger partial charge in [-0.25, -0.2) is 0 Å². The highest BCUT2D eigenvalue weighted by Gasteiger charge is 2.30. The topological polar surface area (TPSA) is 101 Å². The molecular formula is C38H75NO5. The molecule has 262 valence electrons. The van der Waals surface area contributed by atoms with Crippen molar-refractivity contribution >= 4 is 5.78 Å². The van der Waals surface area contributed by atoms with E-state index in [1.54, 1.807) is 0 Å². The van der Waals surface area contributed by atoms with Gasteiger partial charge in [-0.05, 0) is 51.6 Å². The number of ketones is 1. The molecule has 0 heterocycles. The summed E-state index contributed by atoms with van der Waals surface area (Å²) in [6.07, 6.45) is 33.0. The van der Waals surface area contributed by atoms with Crippen LogP contribution in [0.2, 0.25) is 0 Å². The van der Waals surface area contributed by atoms with Gasteiger partial charge in [0.25, 0.3) is 0 Å². The van der Waals surface area contributed by atoms with Crippen molar-refractivity contribution in [2.45, 2.75) is 199 Å². The molecule has 0 aliphatic rings. The van der Waals surface area contributed by atoms with Crippen molar-refractivity contribution < 1.29 is 25.2 Å². The van der Waals surface area contributed by atoms with Gasteiger partial charge in [-0.3, -0.25) is 9.69 Å². The van der Waals surface area contributed by atoms with Crippen LogP contribution in [-0.4, -0.2) is 75.7 Å². The van der Waals surface area contributed by atoms with Crippen molar-refractivity contribution in [3.05, 3.63) is 12.2 Å². The Morgan fingerprint density at radius 1 is 0.545 bits per heavy atom. The first kappa shape index (κ1) is 43.2. The number of allylic oxidation sites excluding steroid dienone is 2. The molecule has 6 nitrogen and oxygen atoms in total. The van der Waals surface area contributed by atoms with Crippen LogP contribution in [0.3, 0.4) is 0 Å². The summed E-state index contributed by atoms with van der Waals surface area (Å²) in [6, 6.07) is 0. The molecule has 6 heteroatoms. The lowest BCUT2D eigenvalue weighted by Gasteiger charge is -2.25. The normalized spacial score (nSPS) is 14.1. The van der Waals surface area contributed by atoms with Crippen LogP contribution >= 0.6 is 0 Å². The number of nitrogens with zero attached hydrogens (tertiary/aromatic N) is 1. The van der Waals surface area contributed by atoms with Gasteiger partial charge < -0.3 is 20.4 Å². The smallest absolute Gasteiger partial charge is 0.177 e. The standard InChI is InChI=1S/C38H75NO5/c1-3-5-7-9-11-13-15-17-18-19-20-22-24-26-28-30-32-39(33-35(41)37(43)38(44)36(42)34-40)31-29-27-25-23-21-16-14-12-10-8-6-4-2/h17-18,36-38,40,42-44H,3-16,19-34H2,1-2H3/b18-17-/t36-,37-,38-/m1/s1. The summed E-state index contributed by atoms with van der Waals surface area (Å²) in [5, 5.41) is 38.9. The molecule has 0 aliphatic heterocycles. The minimum atomic E-state index is -1.68. The first-order valence-corrected chi connectivity index (χ1v) is 19.0. The Bertz CT molecular complexity index is 628. The number of rotatable bonds is 35. The van der Waals surface area contributed by atoms with Crippen LogP contribution in [0, 0.1) is 0 Å². The first-order chi connectivity index (χ1) is 21.5. The van der Waals surface area contributed by atoms with Crippen LogP contribution in [-0.2, 0) is 4.79 Å². The summed E-state index contributed by atoms with van der Waals surface area (Å²) >= 11 is 0. The van der Waals surface area contributed by atoms with Gasteiger partial charge in [-0.15, -0.1) is 0 Å². The van der Waals surface area contributed by atoms with E-state index in [4.69, 9.17) is 5.11 Å². The molecule has 0 fully saturated rings. The zero-order valence-electron chi connectivity index (χ0n) is 29.2. The molecule has 0 saturated heterocycles. The van der Waals surface area contributed by atoms with Crippen molar-refractivity contribution in [1.29, 1.82) is 0 Å². The van der Waals surface area contributed by atoms with Gasteiger partial charge in [0.15, 0.2) is 5.78 Å². The Hall–Kier alpha value is -0.790. The van der Waals surface area contributed by atoms with Crippen LogP contribution in [0.5, 0.6) is 0 Å². The monoisotopic (exact) mass is 626 g/mol. The highest BCUT2D eigenvalue weighted by atomic mass is 16.4. The molecule has 0 aliphatic carbocycles. The van der Waals surface area contributed by atoms with E-state index in [1.165, 1.54) is 141 Å². The molecule has 0 bridgehead atoms. The minimum absolute atomic E-state index is 0.0689. The van der Waals surface area contributed by atoms with Gasteiger partial charge in [0, 0.05) is 0 Å². The fourth-order valence-corrected chi connectivity index (χ4v) is 5.85. The Kier molecular flexibility index (Phi) is 33.0. The Balaban J connectivity index is 4.17. The maximum atomic E-state index is 12.7. The maximum absolute atomic E-state index is 12.7. The first-order valence-electron chi connectivity index (χ1n) is 19.0. The molecule has 0 rings (SSSR count). The Labute approximate surface area is 273 Å². The molecule has 4 N–H and O–H groups in total. The van der Waals surface area contributed by atoms with E-state index >= 15 is 0 Å². The third-order valence-electron chi connectivity index (χ3n) is 8.93. The van der Waals surface area contributed by atoms with Gasteiger partial charge >= 0.3 is 0 Å². The summed E-state index contributed by atoms with van der Waals surface area (Å²) < 4.78 is 0. The molecule has 0 radical (unpaired) electrons. The maximum Gasteiger partial charge on any atom is 0.177 e. The van der Waals surface area contributed by atoms with Gasteiger partial charge in [-0.2, -0.15) is 0 Å². The zero-order chi connectivity index (χ0) is 32.5. The minimum Gasteiger partial charge on any atom is -0.394 e. The number of aliphatic hydroxyl groups excluding tert-OH is 4. The number of carbonyl (C=O) groups excluding carboxylic acids is 1. The van der Waals surface area contributed by atoms with E-state index in [-0.39, 0.29) is 6.54 Å². The van der Waals surface area contributed by atoms with E-state index in [0.29, 0.717) is 0 Å². The second-order valence-corrected chi connectivity index (χ2v) is 13.3. The molecule has 0 aromatic carbocycles. The van der Waals surface area contributed by atoms with Crippen LogP contribution in [0.1, 0.15) is 181 Å². The van der Waals surface area contributed by atoms with Crippen molar-refractivity contribution in [1.82, 2.24) is 4.90 Å². The summed E-state index contributed by atoms with van der Waals surface area (Å²) in [6.45, 7) is 5.51. The lowest BCUT2D eigenvalue weighted by Crippen LogP contribution is -2.47. The third kappa shape index (κ3) is 27.5. The van der Waals surface area contributed by atoms with Gasteiger partial charge in [0.05, 0.1) is 13.2 Å². The molecule has 3 atom stereocenters. The summed E-state index contributed by atoms with van der Waals surface area (Å²) in [7, 11) is 0. The highest BCUT2D eigenvalue weighted by Crippen LogP contribution is 2.14. The van der Waals surface area contributed by atoms with Crippen LogP contribution in [0.15, 0.2) is 12.2 Å². The molecule has 0 saturated carbocycles. The Morgan fingerprint density at radius 3 is 1.25 bits per heavy atom. The number of aliphatic hydroxyl groups is 4. The van der Waals surface area contributed by atoms with E-state index in [1.807, 2.05) is 0 Å². The van der Waals surface area contributed by atoms with E-state index in [0.717, 1.165) is 38.8 Å². The van der Waals surface area contributed by atoms with Crippen LogP contribution in [0.4, 0.5) is 0 Å². The van der Waals surface area contributed by atoms with Gasteiger partial charge in [-0.1, -0.05) is 154 Å². The molecule has 0 aromatic rings. The van der Waals surface area contributed by atoms with Crippen LogP contribution < -0.4 is 0 Å². The Morgan fingerprint density at radius 2 is 0.886 bits per heavy atom. The van der Waals surface area contributed by atoms with E-state index in [2.05, 4.69) is 30.9 Å². The average Bonchev–Trinajstić information content (AvgIpc) is 3.03. The van der Waals surface area contributed by atoms with Crippen molar-refractivity contribution in [3.8, 4) is 0 Å². The summed E-state index contributed by atoms with van der Waals surface area (Å²) in [5.41, 5.74) is 0. The number of hydrogen-bond donors (Lipinski definition) is 4. The largest absolute Gasteiger partial charge is 0.394 e. The molecule has 44 heavy (non-hydrogen) atoms. The predicted octanol–water partition coefficient (Wildman–Crippen LogP) is 8.67. The van der Waals surface area contributed by atoms with Crippen LogP contribution in [0.25, 0.3) is 0 Å². The molecule has 0 unspecified atom stereocenters. The predicted molar refractivity (Wildman–Crippen MR) is 187 cm³/mol. The molecule has 0 amide bonds. The lowest BCUT2D eigenvalue weighted by atomic mass is 10.0. The molecular weight excluding hydrogens is 550 g/mol. The van der Waals surface area contributed by atoms with Gasteiger partial charge in [0.1, 0.15) is 18.3 Å². The zero-order valence-corrected chi connectivity index (χ0v) is 29.2. The number of unbranched alkanes of at least 4 members (excludes halogenated alkanes) is 23. The third-order valence-corrected chi connectivity index (χ3v) is 8.93. The second-order valence-electron chi connectivity index (χ2n) is 13.3. The van der Waals surface area contributed by atoms with Crippen molar-refractivity contribution in [2.24, 2.45) is 0 Å². The summed E-state index contributed by atoms with van der Waals surface area (Å²) in [5.74, 6) is -0.492. The number of hydrogen-bond acceptors (Lipinski definition) is 6. The van der Waals surface area contributed by atoms with Crippen molar-refractivity contribution in [3.63, 3.8) is 0 Å². The number of Topliss-reactive ketones (excluding diaryl/α,β-unsaturated/α-hetero) is 1. The SMILES string of the molecule is CCCCCCCC/C=C\CCCCCCCCN(CCCCCCCCCCCCCC)CC(=O)[C@@H](O)[C@H](O)[C@H](O)CO. The van der Waals surface area contributed by atoms with Gasteiger partial charge in [0.2, 0.25) is 0 Å². The quantitative estimate of drug-likeness (QED) is 0.0415. The van der Waals surface area contributed by atoms with E-state index < -0.39 is 30.7 Å². The average molecular weight is 626 g/mol. The fraction of sp³-hybridized carbons (Fsp3) is 0.921. The van der Waals surface area contributed by atoms with E-state index in [9.17, 15) is 20.1 Å². The summed E-state index contributed by atoms with van der Waals surface area (Å²) in [4.78, 5) is 14.8. The highest BCUT2D eigenvalue weighted by molar-refractivity contribution is 5.85. The second kappa shape index (κ2) is 33.6. The fourth-order valence-electron chi connectivity index (χ4n) is 5.85. The molecule has 0 aromatic heterocycles.